The van der Waals surface area contributed by atoms with Crippen LogP contribution < -0.4 is 0 Å². The zero-order valence-electron chi connectivity index (χ0n) is 3.63. The maximum absolute atomic E-state index is 8.44. The Morgan fingerprint density at radius 3 is 0.875 bits per heavy atom. The largest absolute Gasteiger partial charge is 0.784 e. The van der Waals surface area contributed by atoms with Crippen LogP contribution in [-0.4, -0.2) is 35.2 Å². The topological polar surface area (TPSA) is 189 Å². The van der Waals surface area contributed by atoms with E-state index in [2.05, 4.69) is 0 Å². The molecule has 8 N–H and O–H groups in total. The van der Waals surface area contributed by atoms with Gasteiger partial charge in [0.05, 0.1) is 0 Å². The normalized spacial score (nSPS) is 4.38. The number of hydrogen-bond acceptors (Lipinski definition) is 3. The van der Waals surface area contributed by atoms with E-state index in [9.17, 15) is 0 Å². The third-order valence-corrected chi connectivity index (χ3v) is 0. The molecule has 0 saturated heterocycles. The molecule has 0 unspecified atom stereocenters. The zero-order valence-corrected chi connectivity index (χ0v) is 4.45. The first-order chi connectivity index (χ1) is 1.73. The number of hydrogen-bond donors (Lipinski definition) is 0. The molecule has 8 heteroatoms. The second kappa shape index (κ2) is 28.5. The first-order valence-corrected chi connectivity index (χ1v) is 1.50. The highest BCUT2D eigenvalue weighted by Gasteiger charge is 1.20. The van der Waals surface area contributed by atoms with Crippen molar-refractivity contribution < 1.29 is 35.2 Å². The SMILES string of the molecule is O.O.O.O.O=S([O-])[O-]. The summed E-state index contributed by atoms with van der Waals surface area (Å²) in [6, 6.07) is 0. The van der Waals surface area contributed by atoms with Crippen LogP contribution in [0.1, 0.15) is 0 Å². The van der Waals surface area contributed by atoms with E-state index >= 15 is 0 Å². The Labute approximate surface area is 47.7 Å². The van der Waals surface area contributed by atoms with Crippen LogP contribution in [0.4, 0.5) is 0 Å². The maximum Gasteiger partial charge on any atom is -0.142 e. The molecular formula is H8O7S-2. The molecule has 0 aromatic heterocycles. The lowest BCUT2D eigenvalue weighted by molar-refractivity contribution is 0.419. The van der Waals surface area contributed by atoms with Crippen molar-refractivity contribution in [3.8, 4) is 0 Å². The van der Waals surface area contributed by atoms with E-state index in [1.54, 1.807) is 0 Å². The van der Waals surface area contributed by atoms with Gasteiger partial charge in [0.1, 0.15) is 0 Å². The highest BCUT2D eigenvalue weighted by atomic mass is 32.2. The third-order valence-electron chi connectivity index (χ3n) is 0. The Bertz CT molecular complexity index is 27.4. The van der Waals surface area contributed by atoms with E-state index in [0.29, 0.717) is 0 Å². The molecule has 0 rings (SSSR count). The summed E-state index contributed by atoms with van der Waals surface area (Å²) in [5.74, 6) is 0. The molecule has 0 amide bonds. The average Bonchev–Trinajstić information content (AvgIpc) is 0.811. The molecule has 0 aliphatic rings. The van der Waals surface area contributed by atoms with Gasteiger partial charge in [0, 0.05) is 0 Å². The van der Waals surface area contributed by atoms with Gasteiger partial charge in [-0.25, -0.2) is 0 Å². The monoisotopic (exact) mass is 152 g/mol. The standard InChI is InChI=1S/H2O3S.4H2O/c1-4(2)3;;;;/h(H2,1,2,3);4*1H2/p-2. The second-order valence-corrected chi connectivity index (χ2v) is 0.612. The van der Waals surface area contributed by atoms with Crippen LogP contribution in [-0.2, 0) is 11.4 Å². The minimum absolute atomic E-state index is 0. The molecule has 8 heavy (non-hydrogen) atoms. The summed E-state index contributed by atoms with van der Waals surface area (Å²) in [4.78, 5) is 0. The Morgan fingerprint density at radius 1 is 0.875 bits per heavy atom. The van der Waals surface area contributed by atoms with Gasteiger partial charge in [-0.3, -0.25) is 4.21 Å². The third kappa shape index (κ3) is 17600. The van der Waals surface area contributed by atoms with Gasteiger partial charge < -0.3 is 31.0 Å². The molecule has 0 bridgehead atoms. The first kappa shape index (κ1) is 44.6. The van der Waals surface area contributed by atoms with Crippen LogP contribution in [0.5, 0.6) is 0 Å². The van der Waals surface area contributed by atoms with Crippen molar-refractivity contribution in [3.63, 3.8) is 0 Å². The Morgan fingerprint density at radius 2 is 0.875 bits per heavy atom. The fourth-order valence-electron chi connectivity index (χ4n) is 0. The van der Waals surface area contributed by atoms with E-state index in [1.807, 2.05) is 0 Å². The fraction of sp³-hybridized carbons (Fsp3) is 0. The van der Waals surface area contributed by atoms with Crippen LogP contribution >= 0.6 is 0 Å². The van der Waals surface area contributed by atoms with E-state index in [0.717, 1.165) is 0 Å². The molecule has 0 aromatic rings. The van der Waals surface area contributed by atoms with Crippen molar-refractivity contribution >= 4 is 11.4 Å². The summed E-state index contributed by atoms with van der Waals surface area (Å²) in [5.41, 5.74) is 0. The van der Waals surface area contributed by atoms with E-state index in [1.165, 1.54) is 0 Å². The van der Waals surface area contributed by atoms with Gasteiger partial charge in [0.2, 0.25) is 0 Å². The molecule has 0 radical (unpaired) electrons. The minimum atomic E-state index is -3.11. The molecule has 0 aromatic carbocycles. The lowest BCUT2D eigenvalue weighted by Gasteiger charge is -2.03. The molecule has 0 heterocycles. The summed E-state index contributed by atoms with van der Waals surface area (Å²) >= 11 is -3.11. The van der Waals surface area contributed by atoms with Crippen LogP contribution in [0, 0.1) is 0 Å². The van der Waals surface area contributed by atoms with E-state index in [-0.39, 0.29) is 21.9 Å². The molecule has 0 aliphatic heterocycles. The average molecular weight is 152 g/mol. The number of rotatable bonds is 0. The lowest BCUT2D eigenvalue weighted by atomic mass is 15.8. The van der Waals surface area contributed by atoms with Gasteiger partial charge in [-0.05, 0) is 0 Å². The van der Waals surface area contributed by atoms with Crippen molar-refractivity contribution in [2.75, 3.05) is 0 Å². The van der Waals surface area contributed by atoms with Gasteiger partial charge in [-0.15, -0.1) is 11.4 Å². The maximum atomic E-state index is 8.44. The summed E-state index contributed by atoms with van der Waals surface area (Å²) in [7, 11) is 0. The van der Waals surface area contributed by atoms with Crippen LogP contribution in [0.25, 0.3) is 0 Å². The quantitative estimate of drug-likeness (QED) is 0.317. The van der Waals surface area contributed by atoms with Gasteiger partial charge in [0.15, 0.2) is 0 Å². The molecule has 58 valence electrons. The second-order valence-electron chi connectivity index (χ2n) is 0.204. The van der Waals surface area contributed by atoms with Crippen molar-refractivity contribution in [2.45, 2.75) is 0 Å². The fourth-order valence-corrected chi connectivity index (χ4v) is 0. The highest BCUT2D eigenvalue weighted by molar-refractivity contribution is 7.72. The van der Waals surface area contributed by atoms with E-state index in [4.69, 9.17) is 13.3 Å². The van der Waals surface area contributed by atoms with Gasteiger partial charge in [-0.2, -0.15) is 0 Å². The lowest BCUT2D eigenvalue weighted by Crippen LogP contribution is -1.76. The molecule has 0 aliphatic carbocycles. The molecule has 0 atom stereocenters. The van der Waals surface area contributed by atoms with Crippen molar-refractivity contribution in [1.82, 2.24) is 0 Å². The Balaban J connectivity index is -0.00000000750. The summed E-state index contributed by atoms with van der Waals surface area (Å²) in [6.07, 6.45) is 0. The van der Waals surface area contributed by atoms with Crippen LogP contribution in [0.2, 0.25) is 0 Å². The van der Waals surface area contributed by atoms with Crippen LogP contribution in [0.3, 0.4) is 0 Å². The highest BCUT2D eigenvalue weighted by Crippen LogP contribution is 1.42. The van der Waals surface area contributed by atoms with E-state index < -0.39 is 11.4 Å². The van der Waals surface area contributed by atoms with Gasteiger partial charge in [0.25, 0.3) is 0 Å². The molecule has 0 fully saturated rings. The van der Waals surface area contributed by atoms with Crippen molar-refractivity contribution in [3.05, 3.63) is 0 Å². The first-order valence-electron chi connectivity index (χ1n) is 0.500. The predicted octanol–water partition coefficient (Wildman–Crippen LogP) is -4.30. The molecule has 0 saturated carbocycles. The Hall–Kier alpha value is -0.0900. The van der Waals surface area contributed by atoms with Crippen molar-refractivity contribution in [1.29, 1.82) is 0 Å². The predicted molar refractivity (Wildman–Crippen MR) is 24.2 cm³/mol. The molecule has 7 nitrogen and oxygen atoms in total. The smallest absolute Gasteiger partial charge is 0.142 e. The van der Waals surface area contributed by atoms with Crippen molar-refractivity contribution in [2.24, 2.45) is 0 Å². The summed E-state index contributed by atoms with van der Waals surface area (Å²) in [5, 5.41) is 0. The van der Waals surface area contributed by atoms with Gasteiger partial charge in [-0.1, -0.05) is 0 Å². The van der Waals surface area contributed by atoms with Crippen LogP contribution in [0.15, 0.2) is 0 Å². The minimum Gasteiger partial charge on any atom is -0.784 e. The zero-order chi connectivity index (χ0) is 3.58. The van der Waals surface area contributed by atoms with Gasteiger partial charge >= 0.3 is 0 Å². The molecule has 0 spiro atoms. The Kier molecular flexibility index (Phi) is 159. The summed E-state index contributed by atoms with van der Waals surface area (Å²) in [6.45, 7) is 0. The summed E-state index contributed by atoms with van der Waals surface area (Å²) < 4.78 is 25.3. The molecular weight excluding hydrogens is 144 g/mol.